The molecule has 0 amide bonds. The molecule has 0 radical (unpaired) electrons. The molecule has 0 unspecified atom stereocenters. The third-order valence-corrected chi connectivity index (χ3v) is 8.99. The molecule has 5 heterocycles. The largest absolute Gasteiger partial charge is 2.00 e. The fourth-order valence-electron chi connectivity index (χ4n) is 5.79. The van der Waals surface area contributed by atoms with Crippen molar-refractivity contribution in [3.8, 4) is 11.6 Å². The molecule has 4 aromatic rings. The Balaban J connectivity index is 0.00000520. The topological polar surface area (TPSA) is 35.6 Å². The molecule has 0 saturated heterocycles. The Bertz CT molecular complexity index is 1740. The van der Waals surface area contributed by atoms with Crippen molar-refractivity contribution in [2.75, 3.05) is 0 Å². The second-order valence-electron chi connectivity index (χ2n) is 12.7. The smallest absolute Gasteiger partial charge is 0.425 e. The number of nitrogens with zero attached hydrogens (tertiary/aromatic N) is 4. The minimum absolute atomic E-state index is 0. The monoisotopic (exact) mass is 786 g/mol. The van der Waals surface area contributed by atoms with Gasteiger partial charge in [0.15, 0.2) is 0 Å². The van der Waals surface area contributed by atoms with E-state index in [0.717, 1.165) is 39.8 Å². The van der Waals surface area contributed by atoms with Crippen LogP contribution in [0.1, 0.15) is 86.6 Å². The van der Waals surface area contributed by atoms with Gasteiger partial charge in [-0.25, -0.2) is 0 Å². The van der Waals surface area contributed by atoms with Crippen LogP contribution in [0.4, 0.5) is 52.7 Å². The molecule has 0 aliphatic carbocycles. The van der Waals surface area contributed by atoms with Crippen molar-refractivity contribution >= 4 is 0 Å². The number of fused-ring (bicyclic) bond motifs is 10. The average molecular weight is 787 g/mol. The SMILES string of the molecule is CC1(C)c2cccc(n2)-n2[c-]c(c(C(F)(F)F)c2C(F)(F)F)C(C)(C)C(C)(C)c2[c-]n(c(C(F)(F)F)c2C(F)(F)F)-c2cccc1n2.[Pd+2]. The molecule has 8 bridgehead atoms. The minimum Gasteiger partial charge on any atom is -0.425 e. The van der Waals surface area contributed by atoms with E-state index in [4.69, 9.17) is 0 Å². The summed E-state index contributed by atoms with van der Waals surface area (Å²) in [5.74, 6) is -1.30. The van der Waals surface area contributed by atoms with Crippen LogP contribution in [0, 0.1) is 12.4 Å². The quantitative estimate of drug-likeness (QED) is 0.101. The zero-order valence-corrected chi connectivity index (χ0v) is 27.2. The number of alkyl halides is 12. The van der Waals surface area contributed by atoms with Crippen LogP contribution >= 0.6 is 0 Å². The van der Waals surface area contributed by atoms with E-state index in [-0.39, 0.29) is 40.9 Å². The summed E-state index contributed by atoms with van der Waals surface area (Å²) < 4.78 is 176. The predicted molar refractivity (Wildman–Crippen MR) is 143 cm³/mol. The first-order chi connectivity index (χ1) is 21.1. The fourth-order valence-corrected chi connectivity index (χ4v) is 5.79. The van der Waals surface area contributed by atoms with Gasteiger partial charge in [-0.3, -0.25) is 9.97 Å². The van der Waals surface area contributed by atoms with E-state index in [1.807, 2.05) is 0 Å². The van der Waals surface area contributed by atoms with Gasteiger partial charge in [0.2, 0.25) is 0 Å². The first-order valence-corrected chi connectivity index (χ1v) is 13.7. The number of rotatable bonds is 0. The maximum atomic E-state index is 14.7. The number of pyridine rings is 2. The van der Waals surface area contributed by atoms with E-state index in [9.17, 15) is 52.7 Å². The molecule has 5 rings (SSSR count). The van der Waals surface area contributed by atoms with Gasteiger partial charge in [0.05, 0.1) is 11.6 Å². The Morgan fingerprint density at radius 1 is 0.521 bits per heavy atom. The summed E-state index contributed by atoms with van der Waals surface area (Å²) in [4.78, 5) is 8.43. The van der Waals surface area contributed by atoms with E-state index in [2.05, 4.69) is 22.4 Å². The van der Waals surface area contributed by atoms with Gasteiger partial charge in [0.25, 0.3) is 0 Å². The standard InChI is InChI=1S/C31H24F12N4.Pd/c1-25(2)17-9-7-11-19(44-17)46-13-15(21(28(32,33)34)23(46)30(38,39)40)26(3,4)27(5,6)16-14-47(20-12-8-10-18(25)45-20)24(31(41,42)43)22(16)29(35,36)37;/h7-12H,1-6H3;/q-2;+2. The van der Waals surface area contributed by atoms with Crippen LogP contribution in [0.25, 0.3) is 11.6 Å². The molecule has 0 N–H and O–H groups in total. The van der Waals surface area contributed by atoms with Crippen molar-refractivity contribution in [1.82, 2.24) is 19.1 Å². The Morgan fingerprint density at radius 2 is 0.833 bits per heavy atom. The van der Waals surface area contributed by atoms with Gasteiger partial charge in [-0.2, -0.15) is 52.7 Å². The van der Waals surface area contributed by atoms with Gasteiger partial charge in [0.1, 0.15) is 0 Å². The summed E-state index contributed by atoms with van der Waals surface area (Å²) in [5, 5.41) is 0. The first-order valence-electron chi connectivity index (χ1n) is 13.7. The number of aromatic nitrogens is 4. The third-order valence-electron chi connectivity index (χ3n) is 8.99. The Morgan fingerprint density at radius 3 is 1.10 bits per heavy atom. The van der Waals surface area contributed by atoms with Crippen LogP contribution in [0.5, 0.6) is 0 Å². The van der Waals surface area contributed by atoms with Gasteiger partial charge < -0.3 is 9.13 Å². The van der Waals surface area contributed by atoms with Gasteiger partial charge in [-0.1, -0.05) is 64.4 Å². The fraction of sp³-hybridized carbons (Fsp3) is 0.419. The molecule has 48 heavy (non-hydrogen) atoms. The summed E-state index contributed by atoms with van der Waals surface area (Å²) in [6.07, 6.45) is -18.7. The van der Waals surface area contributed by atoms with E-state index in [1.54, 1.807) is 0 Å². The van der Waals surface area contributed by atoms with Crippen LogP contribution in [-0.4, -0.2) is 19.1 Å². The van der Waals surface area contributed by atoms with Gasteiger partial charge >= 0.3 is 45.1 Å². The van der Waals surface area contributed by atoms with Crippen LogP contribution in [0.15, 0.2) is 36.4 Å². The van der Waals surface area contributed by atoms with E-state index < -0.39 is 86.2 Å². The van der Waals surface area contributed by atoms with Crippen LogP contribution in [0.2, 0.25) is 0 Å². The Kier molecular flexibility index (Phi) is 8.67. The molecule has 0 fully saturated rings. The van der Waals surface area contributed by atoms with Crippen LogP contribution in [-0.2, 0) is 61.4 Å². The molecule has 17 heteroatoms. The molecule has 0 atom stereocenters. The third kappa shape index (κ3) is 5.74. The van der Waals surface area contributed by atoms with Gasteiger partial charge in [-0.05, 0) is 47.9 Å². The molecular formula is C31H24F12N4Pd. The minimum atomic E-state index is -5.75. The van der Waals surface area contributed by atoms with Crippen LogP contribution < -0.4 is 0 Å². The van der Waals surface area contributed by atoms with Crippen molar-refractivity contribution in [3.05, 3.63) is 93.8 Å². The molecule has 4 aromatic heterocycles. The van der Waals surface area contributed by atoms with Gasteiger partial charge in [-0.15, -0.1) is 11.1 Å². The summed E-state index contributed by atoms with van der Waals surface area (Å²) in [6.45, 7) is 6.48. The zero-order valence-electron chi connectivity index (χ0n) is 25.6. The van der Waals surface area contributed by atoms with Crippen molar-refractivity contribution in [2.24, 2.45) is 0 Å². The molecule has 1 aliphatic heterocycles. The molecule has 4 nitrogen and oxygen atoms in total. The summed E-state index contributed by atoms with van der Waals surface area (Å²) >= 11 is 0. The van der Waals surface area contributed by atoms with Gasteiger partial charge in [0, 0.05) is 28.2 Å². The molecular weight excluding hydrogens is 763 g/mol. The maximum absolute atomic E-state index is 14.7. The molecule has 1 aliphatic rings. The number of hydrogen-bond donors (Lipinski definition) is 0. The molecule has 0 saturated carbocycles. The van der Waals surface area contributed by atoms with Crippen molar-refractivity contribution < 1.29 is 73.1 Å². The van der Waals surface area contributed by atoms with E-state index >= 15 is 0 Å². The zero-order chi connectivity index (χ0) is 35.5. The number of hydrogen-bond acceptors (Lipinski definition) is 2. The van der Waals surface area contributed by atoms with Crippen molar-refractivity contribution in [2.45, 2.75) is 82.5 Å². The summed E-state index contributed by atoms with van der Waals surface area (Å²) in [5.41, 5.74) is -18.0. The van der Waals surface area contributed by atoms with Crippen LogP contribution in [0.3, 0.4) is 0 Å². The second kappa shape index (κ2) is 11.1. The normalized spacial score (nSPS) is 17.3. The molecule has 262 valence electrons. The maximum Gasteiger partial charge on any atom is 2.00 e. The second-order valence-corrected chi connectivity index (χ2v) is 12.7. The summed E-state index contributed by atoms with van der Waals surface area (Å²) in [7, 11) is 0. The Hall–Kier alpha value is -3.32. The van der Waals surface area contributed by atoms with Crippen molar-refractivity contribution in [3.63, 3.8) is 0 Å². The molecule has 0 aromatic carbocycles. The predicted octanol–water partition coefficient (Wildman–Crippen LogP) is 9.63. The first kappa shape index (κ1) is 37.5. The van der Waals surface area contributed by atoms with Crippen molar-refractivity contribution in [1.29, 1.82) is 0 Å². The summed E-state index contributed by atoms with van der Waals surface area (Å²) in [6, 6.07) is 7.07. The Labute approximate surface area is 279 Å². The number of halogens is 12. The van der Waals surface area contributed by atoms with E-state index in [1.165, 1.54) is 38.1 Å². The average Bonchev–Trinajstić information content (AvgIpc) is 3.54. The molecule has 0 spiro atoms. The van der Waals surface area contributed by atoms with E-state index in [0.29, 0.717) is 0 Å².